The van der Waals surface area contributed by atoms with Gasteiger partial charge < -0.3 is 14.2 Å². The van der Waals surface area contributed by atoms with Gasteiger partial charge in [0.25, 0.3) is 0 Å². The summed E-state index contributed by atoms with van der Waals surface area (Å²) in [4.78, 5) is 10.9. The van der Waals surface area contributed by atoms with E-state index in [1.807, 2.05) is 0 Å². The van der Waals surface area contributed by atoms with Crippen LogP contribution in [-0.4, -0.2) is 38.5 Å². The number of ether oxygens (including phenoxy) is 3. The minimum absolute atomic E-state index is 0.261. The van der Waals surface area contributed by atoms with Crippen molar-refractivity contribution in [3.8, 4) is 0 Å². The van der Waals surface area contributed by atoms with Crippen LogP contribution in [0.5, 0.6) is 0 Å². The van der Waals surface area contributed by atoms with Crippen LogP contribution in [0.25, 0.3) is 0 Å². The fourth-order valence-corrected chi connectivity index (χ4v) is 0.696. The highest BCUT2D eigenvalue weighted by Gasteiger charge is 2.22. The van der Waals surface area contributed by atoms with Gasteiger partial charge in [0, 0.05) is 5.57 Å². The molecule has 4 nitrogen and oxygen atoms in total. The highest BCUT2D eigenvalue weighted by atomic mass is 16.6. The number of carbonyl (C=O) groups excluding carboxylic acids is 1. The summed E-state index contributed by atoms with van der Waals surface area (Å²) in [5, 5.41) is 0. The molecule has 13 heavy (non-hydrogen) atoms. The zero-order valence-corrected chi connectivity index (χ0v) is 7.75. The fourth-order valence-electron chi connectivity index (χ4n) is 0.696. The van der Waals surface area contributed by atoms with Crippen LogP contribution in [0, 0.1) is 0 Å². The lowest BCUT2D eigenvalue weighted by atomic mass is 10.4. The van der Waals surface area contributed by atoms with Crippen LogP contribution in [0.2, 0.25) is 0 Å². The van der Waals surface area contributed by atoms with Crippen molar-refractivity contribution in [2.75, 3.05) is 26.4 Å². The third-order valence-corrected chi connectivity index (χ3v) is 1.52. The Morgan fingerprint density at radius 3 is 2.85 bits per heavy atom. The summed E-state index contributed by atoms with van der Waals surface area (Å²) >= 11 is 0. The molecule has 1 saturated heterocycles. The van der Waals surface area contributed by atoms with Gasteiger partial charge in [0.1, 0.15) is 12.7 Å². The van der Waals surface area contributed by atoms with E-state index in [1.54, 1.807) is 6.92 Å². The average Bonchev–Trinajstić information content (AvgIpc) is 2.87. The molecular formula is C9H14O4. The lowest BCUT2D eigenvalue weighted by Crippen LogP contribution is -2.12. The Kier molecular flexibility index (Phi) is 3.92. The Balaban J connectivity index is 1.87. The molecule has 4 heteroatoms. The topological polar surface area (TPSA) is 48.1 Å². The normalized spacial score (nSPS) is 19.6. The van der Waals surface area contributed by atoms with Crippen molar-refractivity contribution in [2.24, 2.45) is 0 Å². The van der Waals surface area contributed by atoms with Gasteiger partial charge in [-0.05, 0) is 6.92 Å². The van der Waals surface area contributed by atoms with Crippen LogP contribution in [0.3, 0.4) is 0 Å². The van der Waals surface area contributed by atoms with E-state index < -0.39 is 0 Å². The lowest BCUT2D eigenvalue weighted by molar-refractivity contribution is -0.140. The van der Waals surface area contributed by atoms with Crippen LogP contribution in [0.4, 0.5) is 0 Å². The van der Waals surface area contributed by atoms with Gasteiger partial charge in [-0.1, -0.05) is 6.58 Å². The summed E-state index contributed by atoms with van der Waals surface area (Å²) < 4.78 is 14.9. The SMILES string of the molecule is C=C(C)C(=O)OCCOCC1CO1. The Hall–Kier alpha value is -0.870. The van der Waals surface area contributed by atoms with E-state index >= 15 is 0 Å². The van der Waals surface area contributed by atoms with E-state index in [9.17, 15) is 4.79 Å². The summed E-state index contributed by atoms with van der Waals surface area (Å²) in [5.41, 5.74) is 0.408. The molecule has 0 radical (unpaired) electrons. The fraction of sp³-hybridized carbons (Fsp3) is 0.667. The maximum atomic E-state index is 10.9. The molecule has 74 valence electrons. The van der Waals surface area contributed by atoms with E-state index in [2.05, 4.69) is 6.58 Å². The first-order valence-corrected chi connectivity index (χ1v) is 4.22. The number of rotatable bonds is 6. The molecule has 0 aromatic rings. The van der Waals surface area contributed by atoms with E-state index in [-0.39, 0.29) is 18.7 Å². The first-order chi connectivity index (χ1) is 6.20. The average molecular weight is 186 g/mol. The summed E-state index contributed by atoms with van der Waals surface area (Å²) in [7, 11) is 0. The first kappa shape index (κ1) is 10.2. The van der Waals surface area contributed by atoms with Gasteiger partial charge in [-0.25, -0.2) is 4.79 Å². The molecule has 1 rings (SSSR count). The van der Waals surface area contributed by atoms with Crippen molar-refractivity contribution >= 4 is 5.97 Å². The smallest absolute Gasteiger partial charge is 0.333 e. The molecule has 0 aliphatic carbocycles. The molecule has 0 spiro atoms. The van der Waals surface area contributed by atoms with E-state index in [4.69, 9.17) is 14.2 Å². The van der Waals surface area contributed by atoms with Crippen molar-refractivity contribution < 1.29 is 19.0 Å². The molecule has 1 aliphatic rings. The van der Waals surface area contributed by atoms with Crippen LogP contribution in [-0.2, 0) is 19.0 Å². The minimum atomic E-state index is -0.369. The molecule has 1 aliphatic heterocycles. The second kappa shape index (κ2) is 4.99. The van der Waals surface area contributed by atoms with Crippen LogP contribution in [0.1, 0.15) is 6.92 Å². The highest BCUT2D eigenvalue weighted by Crippen LogP contribution is 2.08. The van der Waals surface area contributed by atoms with Gasteiger partial charge in [-0.3, -0.25) is 0 Å². The van der Waals surface area contributed by atoms with Gasteiger partial charge in [0.15, 0.2) is 0 Å². The van der Waals surface area contributed by atoms with Crippen LogP contribution >= 0.6 is 0 Å². The zero-order valence-electron chi connectivity index (χ0n) is 7.75. The summed E-state index contributed by atoms with van der Waals surface area (Å²) in [6.07, 6.45) is 0.261. The minimum Gasteiger partial charge on any atom is -0.460 e. The molecular weight excluding hydrogens is 172 g/mol. The Bertz CT molecular complexity index is 196. The van der Waals surface area contributed by atoms with Crippen molar-refractivity contribution in [3.05, 3.63) is 12.2 Å². The maximum absolute atomic E-state index is 10.9. The Morgan fingerprint density at radius 2 is 2.31 bits per heavy atom. The number of carbonyl (C=O) groups is 1. The molecule has 0 aromatic heterocycles. The maximum Gasteiger partial charge on any atom is 0.333 e. The molecule has 0 bridgehead atoms. The van der Waals surface area contributed by atoms with Crippen molar-refractivity contribution in [3.63, 3.8) is 0 Å². The first-order valence-electron chi connectivity index (χ1n) is 4.22. The molecule has 0 saturated carbocycles. The Morgan fingerprint density at radius 1 is 1.62 bits per heavy atom. The largest absolute Gasteiger partial charge is 0.460 e. The van der Waals surface area contributed by atoms with Gasteiger partial charge in [-0.15, -0.1) is 0 Å². The van der Waals surface area contributed by atoms with Crippen LogP contribution < -0.4 is 0 Å². The predicted octanol–water partition coefficient (Wildman–Crippen LogP) is 0.521. The van der Waals surface area contributed by atoms with Crippen molar-refractivity contribution in [1.82, 2.24) is 0 Å². The van der Waals surface area contributed by atoms with E-state index in [1.165, 1.54) is 0 Å². The zero-order chi connectivity index (χ0) is 9.68. The second-order valence-corrected chi connectivity index (χ2v) is 2.95. The lowest BCUT2D eigenvalue weighted by Gasteiger charge is -2.04. The van der Waals surface area contributed by atoms with E-state index in [0.29, 0.717) is 18.8 Å². The quantitative estimate of drug-likeness (QED) is 0.262. The van der Waals surface area contributed by atoms with E-state index in [0.717, 1.165) is 6.61 Å². The summed E-state index contributed by atoms with van der Waals surface area (Å²) in [6, 6.07) is 0. The highest BCUT2D eigenvalue weighted by molar-refractivity contribution is 5.86. The molecule has 1 unspecified atom stereocenters. The molecule has 1 heterocycles. The molecule has 1 atom stereocenters. The third kappa shape index (κ3) is 4.65. The van der Waals surface area contributed by atoms with Gasteiger partial charge in [0.05, 0.1) is 19.8 Å². The van der Waals surface area contributed by atoms with Crippen molar-refractivity contribution in [1.29, 1.82) is 0 Å². The predicted molar refractivity (Wildman–Crippen MR) is 46.3 cm³/mol. The molecule has 0 N–H and O–H groups in total. The monoisotopic (exact) mass is 186 g/mol. The Labute approximate surface area is 77.5 Å². The molecule has 1 fully saturated rings. The molecule has 0 aromatic carbocycles. The number of epoxide rings is 1. The molecule has 0 amide bonds. The summed E-state index contributed by atoms with van der Waals surface area (Å²) in [5.74, 6) is -0.369. The standard InChI is InChI=1S/C9H14O4/c1-7(2)9(10)12-4-3-11-5-8-6-13-8/h8H,1,3-6H2,2H3. The number of esters is 1. The number of hydrogen-bond donors (Lipinski definition) is 0. The van der Waals surface area contributed by atoms with Gasteiger partial charge >= 0.3 is 5.97 Å². The second-order valence-electron chi connectivity index (χ2n) is 2.95. The van der Waals surface area contributed by atoms with Gasteiger partial charge in [0.2, 0.25) is 0 Å². The number of hydrogen-bond acceptors (Lipinski definition) is 4. The van der Waals surface area contributed by atoms with Gasteiger partial charge in [-0.2, -0.15) is 0 Å². The summed E-state index contributed by atoms with van der Waals surface area (Å²) in [6.45, 7) is 7.13. The van der Waals surface area contributed by atoms with Crippen molar-refractivity contribution in [2.45, 2.75) is 13.0 Å². The third-order valence-electron chi connectivity index (χ3n) is 1.52. The van der Waals surface area contributed by atoms with Crippen LogP contribution in [0.15, 0.2) is 12.2 Å².